The number of hydrogen-bond donors (Lipinski definition) is 1. The summed E-state index contributed by atoms with van der Waals surface area (Å²) < 4.78 is 0. The maximum atomic E-state index is 11.3. The summed E-state index contributed by atoms with van der Waals surface area (Å²) in [4.78, 5) is 11.3. The Morgan fingerprint density at radius 1 is 1.55 bits per heavy atom. The molecule has 0 saturated carbocycles. The molecule has 2 nitrogen and oxygen atoms in total. The van der Waals surface area contributed by atoms with E-state index in [2.05, 4.69) is 24.4 Å². The lowest BCUT2D eigenvalue weighted by Gasteiger charge is -2.08. The Hall–Kier alpha value is -0.790. The van der Waals surface area contributed by atoms with Crippen LogP contribution >= 0.6 is 0 Å². The number of carbonyl (C=O) groups excluding carboxylic acids is 1. The SMILES string of the molecule is CCCNC(=O)C1CC=CC1. The van der Waals surface area contributed by atoms with Crippen molar-refractivity contribution >= 4 is 5.91 Å². The lowest BCUT2D eigenvalue weighted by molar-refractivity contribution is -0.124. The Bertz CT molecular complexity index is 155. The zero-order valence-corrected chi connectivity index (χ0v) is 6.97. The number of amides is 1. The van der Waals surface area contributed by atoms with Crippen LogP contribution in [0.1, 0.15) is 26.2 Å². The van der Waals surface area contributed by atoms with Gasteiger partial charge in [-0.1, -0.05) is 19.1 Å². The van der Waals surface area contributed by atoms with Gasteiger partial charge in [-0.2, -0.15) is 0 Å². The molecule has 0 fully saturated rings. The van der Waals surface area contributed by atoms with Crippen LogP contribution in [0, 0.1) is 5.92 Å². The van der Waals surface area contributed by atoms with Gasteiger partial charge >= 0.3 is 0 Å². The van der Waals surface area contributed by atoms with E-state index in [0.717, 1.165) is 25.8 Å². The fourth-order valence-corrected chi connectivity index (χ4v) is 1.22. The molecule has 0 aromatic rings. The Kier molecular flexibility index (Phi) is 3.14. The van der Waals surface area contributed by atoms with E-state index in [1.54, 1.807) is 0 Å². The van der Waals surface area contributed by atoms with Crippen LogP contribution in [-0.2, 0) is 4.79 Å². The van der Waals surface area contributed by atoms with Crippen LogP contribution < -0.4 is 5.32 Å². The molecule has 0 saturated heterocycles. The first-order chi connectivity index (χ1) is 5.34. The van der Waals surface area contributed by atoms with Crippen molar-refractivity contribution in [3.63, 3.8) is 0 Å². The number of rotatable bonds is 3. The van der Waals surface area contributed by atoms with Crippen molar-refractivity contribution in [1.82, 2.24) is 5.32 Å². The molecule has 1 aliphatic rings. The summed E-state index contributed by atoms with van der Waals surface area (Å²) in [6.45, 7) is 2.88. The highest BCUT2D eigenvalue weighted by Crippen LogP contribution is 2.17. The zero-order valence-electron chi connectivity index (χ0n) is 6.97. The molecule has 0 spiro atoms. The van der Waals surface area contributed by atoms with Crippen molar-refractivity contribution in [2.75, 3.05) is 6.54 Å². The zero-order chi connectivity index (χ0) is 8.10. The standard InChI is InChI=1S/C9H15NO/c1-2-7-10-9(11)8-5-3-4-6-8/h3-4,8H,2,5-7H2,1H3,(H,10,11). The van der Waals surface area contributed by atoms with Crippen molar-refractivity contribution in [3.05, 3.63) is 12.2 Å². The summed E-state index contributed by atoms with van der Waals surface area (Å²) >= 11 is 0. The van der Waals surface area contributed by atoms with E-state index >= 15 is 0 Å². The van der Waals surface area contributed by atoms with Crippen molar-refractivity contribution in [2.24, 2.45) is 5.92 Å². The van der Waals surface area contributed by atoms with Crippen LogP contribution in [0.3, 0.4) is 0 Å². The van der Waals surface area contributed by atoms with E-state index in [1.807, 2.05) is 0 Å². The molecular formula is C9H15NO. The van der Waals surface area contributed by atoms with Crippen LogP contribution in [0.2, 0.25) is 0 Å². The molecule has 0 aliphatic heterocycles. The number of carbonyl (C=O) groups is 1. The molecule has 2 heteroatoms. The Labute approximate surface area is 67.7 Å². The van der Waals surface area contributed by atoms with Gasteiger partial charge < -0.3 is 5.32 Å². The lowest BCUT2D eigenvalue weighted by Crippen LogP contribution is -2.29. The molecule has 0 aromatic heterocycles. The van der Waals surface area contributed by atoms with Gasteiger partial charge in [0.2, 0.25) is 5.91 Å². The molecule has 0 unspecified atom stereocenters. The second-order valence-corrected chi connectivity index (χ2v) is 2.93. The predicted octanol–water partition coefficient (Wildman–Crippen LogP) is 1.48. The second kappa shape index (κ2) is 4.16. The first-order valence-corrected chi connectivity index (χ1v) is 4.27. The topological polar surface area (TPSA) is 29.1 Å². The highest BCUT2D eigenvalue weighted by Gasteiger charge is 2.17. The van der Waals surface area contributed by atoms with Gasteiger partial charge in [0.15, 0.2) is 0 Å². The molecule has 0 radical (unpaired) electrons. The Morgan fingerprint density at radius 2 is 2.18 bits per heavy atom. The van der Waals surface area contributed by atoms with Crippen LogP contribution in [-0.4, -0.2) is 12.5 Å². The summed E-state index contributed by atoms with van der Waals surface area (Å²) in [6, 6.07) is 0. The molecule has 0 atom stereocenters. The maximum absolute atomic E-state index is 11.3. The van der Waals surface area contributed by atoms with Crippen LogP contribution in [0.25, 0.3) is 0 Å². The third-order valence-electron chi connectivity index (χ3n) is 1.93. The van der Waals surface area contributed by atoms with Gasteiger partial charge in [0.05, 0.1) is 0 Å². The van der Waals surface area contributed by atoms with Crippen LogP contribution in [0.4, 0.5) is 0 Å². The highest BCUT2D eigenvalue weighted by atomic mass is 16.1. The number of hydrogen-bond acceptors (Lipinski definition) is 1. The lowest BCUT2D eigenvalue weighted by atomic mass is 10.1. The molecular weight excluding hydrogens is 138 g/mol. The average Bonchev–Trinajstić information content (AvgIpc) is 2.52. The van der Waals surface area contributed by atoms with Gasteiger partial charge in [-0.05, 0) is 19.3 Å². The van der Waals surface area contributed by atoms with E-state index in [1.165, 1.54) is 0 Å². The van der Waals surface area contributed by atoms with Crippen molar-refractivity contribution in [2.45, 2.75) is 26.2 Å². The van der Waals surface area contributed by atoms with E-state index in [4.69, 9.17) is 0 Å². The maximum Gasteiger partial charge on any atom is 0.223 e. The summed E-state index contributed by atoms with van der Waals surface area (Å²) in [5, 5.41) is 2.90. The van der Waals surface area contributed by atoms with Gasteiger partial charge in [0, 0.05) is 12.5 Å². The largest absolute Gasteiger partial charge is 0.356 e. The van der Waals surface area contributed by atoms with Gasteiger partial charge in [0.1, 0.15) is 0 Å². The van der Waals surface area contributed by atoms with E-state index in [0.29, 0.717) is 0 Å². The minimum Gasteiger partial charge on any atom is -0.356 e. The predicted molar refractivity (Wildman–Crippen MR) is 45.2 cm³/mol. The number of allylic oxidation sites excluding steroid dienone is 2. The second-order valence-electron chi connectivity index (χ2n) is 2.93. The molecule has 11 heavy (non-hydrogen) atoms. The van der Waals surface area contributed by atoms with Gasteiger partial charge in [-0.25, -0.2) is 0 Å². The molecule has 62 valence electrons. The van der Waals surface area contributed by atoms with E-state index in [-0.39, 0.29) is 11.8 Å². The Morgan fingerprint density at radius 3 is 2.73 bits per heavy atom. The molecule has 0 bridgehead atoms. The smallest absolute Gasteiger partial charge is 0.223 e. The third kappa shape index (κ3) is 2.37. The quantitative estimate of drug-likeness (QED) is 0.611. The molecule has 1 rings (SSSR count). The minimum absolute atomic E-state index is 0.219. The minimum atomic E-state index is 0.219. The van der Waals surface area contributed by atoms with Crippen molar-refractivity contribution in [3.8, 4) is 0 Å². The summed E-state index contributed by atoms with van der Waals surface area (Å²) in [7, 11) is 0. The first kappa shape index (κ1) is 8.31. The summed E-state index contributed by atoms with van der Waals surface area (Å²) in [6.07, 6.45) is 7.03. The summed E-state index contributed by atoms with van der Waals surface area (Å²) in [5.74, 6) is 0.443. The van der Waals surface area contributed by atoms with Gasteiger partial charge in [0.25, 0.3) is 0 Å². The molecule has 1 amide bonds. The monoisotopic (exact) mass is 153 g/mol. The number of nitrogens with one attached hydrogen (secondary N) is 1. The van der Waals surface area contributed by atoms with Gasteiger partial charge in [-0.15, -0.1) is 0 Å². The summed E-state index contributed by atoms with van der Waals surface area (Å²) in [5.41, 5.74) is 0. The molecule has 0 aromatic carbocycles. The first-order valence-electron chi connectivity index (χ1n) is 4.27. The van der Waals surface area contributed by atoms with Gasteiger partial charge in [-0.3, -0.25) is 4.79 Å². The van der Waals surface area contributed by atoms with E-state index < -0.39 is 0 Å². The van der Waals surface area contributed by atoms with Crippen LogP contribution in [0.15, 0.2) is 12.2 Å². The van der Waals surface area contributed by atoms with E-state index in [9.17, 15) is 4.79 Å². The molecule has 0 heterocycles. The normalized spacial score (nSPS) is 17.2. The third-order valence-corrected chi connectivity index (χ3v) is 1.93. The van der Waals surface area contributed by atoms with Crippen LogP contribution in [0.5, 0.6) is 0 Å². The van der Waals surface area contributed by atoms with Crippen molar-refractivity contribution < 1.29 is 4.79 Å². The Balaban J connectivity index is 2.19. The highest BCUT2D eigenvalue weighted by molar-refractivity contribution is 5.79. The molecule has 1 aliphatic carbocycles. The fraction of sp³-hybridized carbons (Fsp3) is 0.667. The molecule has 1 N–H and O–H groups in total. The fourth-order valence-electron chi connectivity index (χ4n) is 1.22. The average molecular weight is 153 g/mol. The van der Waals surface area contributed by atoms with Crippen molar-refractivity contribution in [1.29, 1.82) is 0 Å².